The molecule has 0 spiro atoms. The highest BCUT2D eigenvalue weighted by atomic mass is 32.1. The number of benzene rings is 1. The Labute approximate surface area is 175 Å². The number of likely N-dealkylation sites (tertiary alicyclic amines) is 1. The maximum atomic E-state index is 13.5. The average molecular weight is 424 g/mol. The lowest BCUT2D eigenvalue weighted by atomic mass is 9.65. The molecule has 1 aliphatic carbocycles. The lowest BCUT2D eigenvalue weighted by Crippen LogP contribution is -2.53. The fourth-order valence-corrected chi connectivity index (χ4v) is 4.90. The number of carbonyl (C=O) groups is 2. The molecule has 1 fully saturated rings. The van der Waals surface area contributed by atoms with Gasteiger partial charge in [-0.3, -0.25) is 4.79 Å². The topological polar surface area (TPSA) is 88.3 Å². The SMILES string of the molecule is O=C(O)N1CCC2=Cc3c(cnn3-c3ccc(F)cc3)C[C@]2(C(=O)c2cscn2)C1. The van der Waals surface area contributed by atoms with Crippen molar-refractivity contribution in [3.63, 3.8) is 0 Å². The molecule has 152 valence electrons. The summed E-state index contributed by atoms with van der Waals surface area (Å²) >= 11 is 1.33. The van der Waals surface area contributed by atoms with Crippen molar-refractivity contribution in [3.05, 3.63) is 69.7 Å². The third-order valence-corrected chi connectivity index (χ3v) is 6.44. The summed E-state index contributed by atoms with van der Waals surface area (Å²) in [5.74, 6) is -0.492. The van der Waals surface area contributed by atoms with E-state index < -0.39 is 11.5 Å². The minimum absolute atomic E-state index is 0.0890. The Hall–Kier alpha value is -3.33. The van der Waals surface area contributed by atoms with E-state index in [0.29, 0.717) is 25.1 Å². The van der Waals surface area contributed by atoms with Crippen molar-refractivity contribution in [2.75, 3.05) is 13.1 Å². The average Bonchev–Trinajstić information content (AvgIpc) is 3.41. The Morgan fingerprint density at radius 2 is 2.03 bits per heavy atom. The molecule has 1 atom stereocenters. The van der Waals surface area contributed by atoms with Crippen LogP contribution in [-0.4, -0.2) is 49.7 Å². The van der Waals surface area contributed by atoms with Crippen molar-refractivity contribution in [2.24, 2.45) is 5.41 Å². The highest BCUT2D eigenvalue weighted by Gasteiger charge is 2.50. The van der Waals surface area contributed by atoms with E-state index in [1.807, 2.05) is 6.08 Å². The molecule has 0 radical (unpaired) electrons. The Kier molecular flexibility index (Phi) is 4.28. The summed E-state index contributed by atoms with van der Waals surface area (Å²) in [5, 5.41) is 15.7. The third-order valence-electron chi connectivity index (χ3n) is 5.86. The molecule has 1 N–H and O–H groups in total. The van der Waals surface area contributed by atoms with Gasteiger partial charge in [-0.1, -0.05) is 5.57 Å². The normalized spacial score (nSPS) is 20.3. The van der Waals surface area contributed by atoms with Crippen LogP contribution in [0.3, 0.4) is 0 Å². The number of hydrogen-bond donors (Lipinski definition) is 1. The van der Waals surface area contributed by atoms with Crippen molar-refractivity contribution in [2.45, 2.75) is 12.8 Å². The molecule has 0 bridgehead atoms. The van der Waals surface area contributed by atoms with Gasteiger partial charge in [-0.2, -0.15) is 5.10 Å². The second-order valence-electron chi connectivity index (χ2n) is 7.53. The van der Waals surface area contributed by atoms with Crippen LogP contribution in [0, 0.1) is 11.2 Å². The van der Waals surface area contributed by atoms with E-state index in [1.54, 1.807) is 33.9 Å². The standard InChI is InChI=1S/C21H17FN4O3S/c22-15-1-3-16(4-2-15)26-18-7-14-5-6-25(20(28)29)11-21(14,8-13(18)9-24-26)19(27)17-10-30-12-23-17/h1-4,7,9-10,12H,5-6,8,11H2,(H,28,29)/t21-/m0/s1. The molecule has 1 saturated heterocycles. The predicted octanol–water partition coefficient (Wildman–Crippen LogP) is 3.66. The van der Waals surface area contributed by atoms with Gasteiger partial charge in [0.1, 0.15) is 11.5 Å². The number of carbonyl (C=O) groups excluding carboxylic acids is 1. The van der Waals surface area contributed by atoms with E-state index in [0.717, 1.165) is 22.5 Å². The number of ketones is 1. The molecule has 0 unspecified atom stereocenters. The van der Waals surface area contributed by atoms with Crippen molar-refractivity contribution in [3.8, 4) is 5.69 Å². The first-order valence-electron chi connectivity index (χ1n) is 9.43. The summed E-state index contributed by atoms with van der Waals surface area (Å²) in [6.07, 6.45) is 3.40. The number of fused-ring (bicyclic) bond motifs is 2. The predicted molar refractivity (Wildman–Crippen MR) is 108 cm³/mol. The van der Waals surface area contributed by atoms with Gasteiger partial charge in [0.15, 0.2) is 5.78 Å². The van der Waals surface area contributed by atoms with Gasteiger partial charge in [-0.25, -0.2) is 18.9 Å². The van der Waals surface area contributed by atoms with Crippen LogP contribution in [0.15, 0.2) is 46.9 Å². The number of aromatic nitrogens is 3. The molecule has 2 aromatic heterocycles. The lowest BCUT2D eigenvalue weighted by Gasteiger charge is -2.44. The zero-order valence-corrected chi connectivity index (χ0v) is 16.6. The Morgan fingerprint density at radius 1 is 1.23 bits per heavy atom. The number of rotatable bonds is 3. The minimum Gasteiger partial charge on any atom is -0.465 e. The van der Waals surface area contributed by atoms with Gasteiger partial charge in [0.2, 0.25) is 0 Å². The number of hydrogen-bond acceptors (Lipinski definition) is 5. The second-order valence-corrected chi connectivity index (χ2v) is 8.25. The molecule has 30 heavy (non-hydrogen) atoms. The summed E-state index contributed by atoms with van der Waals surface area (Å²) in [4.78, 5) is 30.7. The molecule has 1 aliphatic heterocycles. The molecule has 1 aromatic carbocycles. The van der Waals surface area contributed by atoms with Gasteiger partial charge >= 0.3 is 6.09 Å². The number of amides is 1. The van der Waals surface area contributed by atoms with Gasteiger partial charge < -0.3 is 10.0 Å². The summed E-state index contributed by atoms with van der Waals surface area (Å²) < 4.78 is 15.1. The van der Waals surface area contributed by atoms with E-state index in [1.165, 1.54) is 28.4 Å². The van der Waals surface area contributed by atoms with E-state index >= 15 is 0 Å². The van der Waals surface area contributed by atoms with Crippen molar-refractivity contribution >= 4 is 29.3 Å². The molecule has 3 aromatic rings. The smallest absolute Gasteiger partial charge is 0.407 e. The summed E-state index contributed by atoms with van der Waals surface area (Å²) in [6, 6.07) is 6.05. The molecule has 3 heterocycles. The number of Topliss-reactive ketones (excluding diaryl/α,β-unsaturated/α-hetero) is 1. The van der Waals surface area contributed by atoms with Crippen LogP contribution in [-0.2, 0) is 6.42 Å². The van der Waals surface area contributed by atoms with Crippen LogP contribution in [0.5, 0.6) is 0 Å². The second kappa shape index (κ2) is 6.88. The zero-order chi connectivity index (χ0) is 20.9. The van der Waals surface area contributed by atoms with E-state index in [-0.39, 0.29) is 18.1 Å². The Balaban J connectivity index is 1.62. The fourth-order valence-electron chi connectivity index (χ4n) is 4.37. The fraction of sp³-hybridized carbons (Fsp3) is 0.238. The summed E-state index contributed by atoms with van der Waals surface area (Å²) in [7, 11) is 0. The number of carboxylic acid groups (broad SMARTS) is 1. The van der Waals surface area contributed by atoms with E-state index in [2.05, 4.69) is 10.1 Å². The van der Waals surface area contributed by atoms with Crippen LogP contribution in [0.25, 0.3) is 11.8 Å². The van der Waals surface area contributed by atoms with Crippen LogP contribution in [0.4, 0.5) is 9.18 Å². The monoisotopic (exact) mass is 424 g/mol. The minimum atomic E-state index is -1.03. The van der Waals surface area contributed by atoms with E-state index in [4.69, 9.17) is 0 Å². The van der Waals surface area contributed by atoms with Crippen molar-refractivity contribution < 1.29 is 19.1 Å². The third kappa shape index (κ3) is 2.85. The first-order chi connectivity index (χ1) is 14.5. The van der Waals surface area contributed by atoms with Crippen LogP contribution in [0.1, 0.15) is 28.2 Å². The molecule has 7 nitrogen and oxygen atoms in total. The largest absolute Gasteiger partial charge is 0.465 e. The highest BCUT2D eigenvalue weighted by molar-refractivity contribution is 7.07. The molecule has 0 saturated carbocycles. The molecule has 5 rings (SSSR count). The van der Waals surface area contributed by atoms with Crippen molar-refractivity contribution in [1.29, 1.82) is 0 Å². The molecule has 2 aliphatic rings. The first kappa shape index (κ1) is 18.7. The molecular weight excluding hydrogens is 407 g/mol. The molecule has 1 amide bonds. The quantitative estimate of drug-likeness (QED) is 0.649. The zero-order valence-electron chi connectivity index (χ0n) is 15.8. The number of halogens is 1. The van der Waals surface area contributed by atoms with Gasteiger partial charge in [0.05, 0.1) is 28.5 Å². The van der Waals surface area contributed by atoms with Gasteiger partial charge in [-0.05, 0) is 48.7 Å². The number of nitrogens with zero attached hydrogens (tertiary/aromatic N) is 4. The maximum absolute atomic E-state index is 13.5. The molecular formula is C21H17FN4O3S. The van der Waals surface area contributed by atoms with Gasteiger partial charge in [0.25, 0.3) is 0 Å². The highest BCUT2D eigenvalue weighted by Crippen LogP contribution is 2.46. The molecule has 9 heteroatoms. The van der Waals surface area contributed by atoms with Crippen LogP contribution in [0.2, 0.25) is 0 Å². The van der Waals surface area contributed by atoms with E-state index in [9.17, 15) is 19.1 Å². The van der Waals surface area contributed by atoms with Gasteiger partial charge in [0, 0.05) is 18.5 Å². The summed E-state index contributed by atoms with van der Waals surface area (Å²) in [5.41, 5.74) is 4.25. The Bertz CT molecular complexity index is 1170. The maximum Gasteiger partial charge on any atom is 0.407 e. The van der Waals surface area contributed by atoms with Crippen LogP contribution < -0.4 is 0 Å². The first-order valence-corrected chi connectivity index (χ1v) is 10.4. The Morgan fingerprint density at radius 3 is 2.73 bits per heavy atom. The lowest BCUT2D eigenvalue weighted by molar-refractivity contribution is 0.0686. The summed E-state index contributed by atoms with van der Waals surface area (Å²) in [6.45, 7) is 0.416. The van der Waals surface area contributed by atoms with Gasteiger partial charge in [-0.15, -0.1) is 11.3 Å². The number of piperidine rings is 1. The van der Waals surface area contributed by atoms with Crippen molar-refractivity contribution in [1.82, 2.24) is 19.7 Å². The van der Waals surface area contributed by atoms with Crippen LogP contribution >= 0.6 is 11.3 Å². The number of thiazole rings is 1.